The second kappa shape index (κ2) is 5.26. The Hall–Kier alpha value is -0.890. The molecule has 2 unspecified atom stereocenters. The SMILES string of the molecule is CNC(C)C(C)Cc1cc(F)ccc1C. The van der Waals surface area contributed by atoms with Gasteiger partial charge in [0.2, 0.25) is 0 Å². The summed E-state index contributed by atoms with van der Waals surface area (Å²) in [7, 11) is 1.96. The summed E-state index contributed by atoms with van der Waals surface area (Å²) in [5.41, 5.74) is 2.29. The first kappa shape index (κ1) is 12.2. The number of benzene rings is 1. The molecule has 0 aromatic heterocycles. The minimum atomic E-state index is -0.139. The van der Waals surface area contributed by atoms with Gasteiger partial charge < -0.3 is 5.32 Å². The van der Waals surface area contributed by atoms with E-state index in [4.69, 9.17) is 0 Å². The fourth-order valence-electron chi connectivity index (χ4n) is 1.67. The van der Waals surface area contributed by atoms with Crippen LogP contribution >= 0.6 is 0 Å². The summed E-state index contributed by atoms with van der Waals surface area (Å²) in [5.74, 6) is 0.371. The Bertz CT molecular complexity index is 322. The van der Waals surface area contributed by atoms with Crippen LogP contribution in [0.25, 0.3) is 0 Å². The van der Waals surface area contributed by atoms with Crippen molar-refractivity contribution >= 4 is 0 Å². The smallest absolute Gasteiger partial charge is 0.123 e. The molecular formula is C13H20FN. The molecular weight excluding hydrogens is 189 g/mol. The van der Waals surface area contributed by atoms with Crippen molar-refractivity contribution in [1.82, 2.24) is 5.32 Å². The summed E-state index contributed by atoms with van der Waals surface area (Å²) in [6, 6.07) is 5.47. The summed E-state index contributed by atoms with van der Waals surface area (Å²) >= 11 is 0. The fourth-order valence-corrected chi connectivity index (χ4v) is 1.67. The summed E-state index contributed by atoms with van der Waals surface area (Å²) in [6.07, 6.45) is 0.922. The van der Waals surface area contributed by atoms with E-state index in [1.54, 1.807) is 6.07 Å². The molecule has 0 amide bonds. The monoisotopic (exact) mass is 209 g/mol. The Morgan fingerprint density at radius 3 is 2.60 bits per heavy atom. The van der Waals surface area contributed by atoms with Gasteiger partial charge in [-0.2, -0.15) is 0 Å². The highest BCUT2D eigenvalue weighted by Crippen LogP contribution is 2.16. The van der Waals surface area contributed by atoms with E-state index in [1.165, 1.54) is 11.6 Å². The lowest BCUT2D eigenvalue weighted by Gasteiger charge is -2.20. The molecule has 2 heteroatoms. The number of hydrogen-bond acceptors (Lipinski definition) is 1. The maximum absolute atomic E-state index is 13.1. The van der Waals surface area contributed by atoms with Crippen LogP contribution in [-0.2, 0) is 6.42 Å². The minimum Gasteiger partial charge on any atom is -0.317 e. The van der Waals surface area contributed by atoms with Crippen LogP contribution in [0.1, 0.15) is 25.0 Å². The van der Waals surface area contributed by atoms with Gasteiger partial charge in [-0.3, -0.25) is 0 Å². The molecule has 15 heavy (non-hydrogen) atoms. The second-order valence-corrected chi connectivity index (χ2v) is 4.33. The van der Waals surface area contributed by atoms with E-state index in [2.05, 4.69) is 19.2 Å². The van der Waals surface area contributed by atoms with E-state index >= 15 is 0 Å². The highest BCUT2D eigenvalue weighted by molar-refractivity contribution is 5.27. The zero-order chi connectivity index (χ0) is 11.4. The third-order valence-electron chi connectivity index (χ3n) is 3.16. The first-order valence-corrected chi connectivity index (χ1v) is 5.47. The van der Waals surface area contributed by atoms with Gasteiger partial charge in [-0.05, 0) is 56.5 Å². The molecule has 0 spiro atoms. The van der Waals surface area contributed by atoms with Crippen LogP contribution < -0.4 is 5.32 Å². The van der Waals surface area contributed by atoms with Crippen molar-refractivity contribution in [3.05, 3.63) is 35.1 Å². The number of aryl methyl sites for hydroxylation is 1. The van der Waals surface area contributed by atoms with Crippen LogP contribution in [0.3, 0.4) is 0 Å². The summed E-state index contributed by atoms with van der Waals surface area (Å²) in [4.78, 5) is 0. The Labute approximate surface area is 91.7 Å². The topological polar surface area (TPSA) is 12.0 Å². The van der Waals surface area contributed by atoms with Crippen molar-refractivity contribution in [2.45, 2.75) is 33.2 Å². The molecule has 0 heterocycles. The van der Waals surface area contributed by atoms with Crippen LogP contribution in [0, 0.1) is 18.7 Å². The number of rotatable bonds is 4. The Balaban J connectivity index is 2.75. The van der Waals surface area contributed by atoms with Gasteiger partial charge in [0, 0.05) is 6.04 Å². The molecule has 1 aromatic carbocycles. The molecule has 0 radical (unpaired) electrons. The third kappa shape index (κ3) is 3.31. The van der Waals surface area contributed by atoms with E-state index in [9.17, 15) is 4.39 Å². The maximum Gasteiger partial charge on any atom is 0.123 e. The molecule has 84 valence electrons. The van der Waals surface area contributed by atoms with Crippen LogP contribution in [0.4, 0.5) is 4.39 Å². The highest BCUT2D eigenvalue weighted by Gasteiger charge is 2.12. The average molecular weight is 209 g/mol. The van der Waals surface area contributed by atoms with Gasteiger partial charge in [-0.15, -0.1) is 0 Å². The summed E-state index contributed by atoms with van der Waals surface area (Å²) in [6.45, 7) is 6.37. The zero-order valence-corrected chi connectivity index (χ0v) is 9.97. The normalized spacial score (nSPS) is 15.0. The van der Waals surface area contributed by atoms with Crippen molar-refractivity contribution < 1.29 is 4.39 Å². The van der Waals surface area contributed by atoms with Crippen LogP contribution in [0.15, 0.2) is 18.2 Å². The molecule has 0 aliphatic heterocycles. The molecule has 1 rings (SSSR count). The molecule has 2 atom stereocenters. The minimum absolute atomic E-state index is 0.139. The predicted octanol–water partition coefficient (Wildman–Crippen LogP) is 2.92. The van der Waals surface area contributed by atoms with Crippen molar-refractivity contribution in [2.75, 3.05) is 7.05 Å². The molecule has 1 N–H and O–H groups in total. The standard InChI is InChI=1S/C13H20FN/c1-9-5-6-13(14)8-12(9)7-10(2)11(3)15-4/h5-6,8,10-11,15H,7H2,1-4H3. The third-order valence-corrected chi connectivity index (χ3v) is 3.16. The van der Waals surface area contributed by atoms with Crippen molar-refractivity contribution in [3.63, 3.8) is 0 Å². The quantitative estimate of drug-likeness (QED) is 0.804. The number of nitrogens with one attached hydrogen (secondary N) is 1. The first-order valence-electron chi connectivity index (χ1n) is 5.47. The zero-order valence-electron chi connectivity index (χ0n) is 9.97. The van der Waals surface area contributed by atoms with Crippen molar-refractivity contribution in [2.24, 2.45) is 5.92 Å². The van der Waals surface area contributed by atoms with E-state index < -0.39 is 0 Å². The highest BCUT2D eigenvalue weighted by atomic mass is 19.1. The Kier molecular flexibility index (Phi) is 4.28. The predicted molar refractivity (Wildman–Crippen MR) is 62.5 cm³/mol. The van der Waals surface area contributed by atoms with E-state index in [-0.39, 0.29) is 5.82 Å². The Morgan fingerprint density at radius 2 is 2.00 bits per heavy atom. The van der Waals surface area contributed by atoms with Gasteiger partial charge in [0.05, 0.1) is 0 Å². The average Bonchev–Trinajstić information content (AvgIpc) is 2.22. The summed E-state index contributed by atoms with van der Waals surface area (Å²) < 4.78 is 13.1. The van der Waals surface area contributed by atoms with E-state index in [0.717, 1.165) is 12.0 Å². The van der Waals surface area contributed by atoms with Gasteiger partial charge in [-0.1, -0.05) is 13.0 Å². The number of hydrogen-bond donors (Lipinski definition) is 1. The molecule has 0 saturated carbocycles. The molecule has 0 fully saturated rings. The lowest BCUT2D eigenvalue weighted by Crippen LogP contribution is -2.30. The van der Waals surface area contributed by atoms with Crippen LogP contribution in [-0.4, -0.2) is 13.1 Å². The molecule has 0 aliphatic rings. The lowest BCUT2D eigenvalue weighted by molar-refractivity contribution is 0.422. The van der Waals surface area contributed by atoms with Crippen molar-refractivity contribution in [3.8, 4) is 0 Å². The molecule has 0 aliphatic carbocycles. The van der Waals surface area contributed by atoms with Gasteiger partial charge in [0.1, 0.15) is 5.82 Å². The molecule has 1 nitrogen and oxygen atoms in total. The second-order valence-electron chi connectivity index (χ2n) is 4.33. The largest absolute Gasteiger partial charge is 0.317 e. The first-order chi connectivity index (χ1) is 7.04. The van der Waals surface area contributed by atoms with E-state index in [1.807, 2.05) is 20.0 Å². The van der Waals surface area contributed by atoms with Gasteiger partial charge >= 0.3 is 0 Å². The molecule has 0 bridgehead atoms. The molecule has 0 saturated heterocycles. The van der Waals surface area contributed by atoms with Gasteiger partial charge in [0.25, 0.3) is 0 Å². The van der Waals surface area contributed by atoms with Gasteiger partial charge in [0.15, 0.2) is 0 Å². The maximum atomic E-state index is 13.1. The van der Waals surface area contributed by atoms with Crippen molar-refractivity contribution in [1.29, 1.82) is 0 Å². The van der Waals surface area contributed by atoms with E-state index in [0.29, 0.717) is 12.0 Å². The fraction of sp³-hybridized carbons (Fsp3) is 0.538. The van der Waals surface area contributed by atoms with Crippen LogP contribution in [0.5, 0.6) is 0 Å². The van der Waals surface area contributed by atoms with Gasteiger partial charge in [-0.25, -0.2) is 4.39 Å². The Morgan fingerprint density at radius 1 is 1.33 bits per heavy atom. The lowest BCUT2D eigenvalue weighted by atomic mass is 9.93. The summed E-state index contributed by atoms with van der Waals surface area (Å²) in [5, 5.41) is 3.23. The number of halogens is 1. The van der Waals surface area contributed by atoms with Crippen LogP contribution in [0.2, 0.25) is 0 Å². The molecule has 1 aromatic rings.